The zero-order valence-corrected chi connectivity index (χ0v) is 22.0. The van der Waals surface area contributed by atoms with Crippen LogP contribution in [0.1, 0.15) is 18.4 Å². The average molecular weight is 545 g/mol. The average Bonchev–Trinajstić information content (AvgIpc) is 3.70. The van der Waals surface area contributed by atoms with Crippen molar-refractivity contribution in [3.8, 4) is 32.3 Å². The molecule has 7 nitrogen and oxygen atoms in total. The Hall–Kier alpha value is -4.02. The molecule has 0 unspecified atom stereocenters. The van der Waals surface area contributed by atoms with Crippen molar-refractivity contribution < 1.29 is 8.78 Å². The first-order chi connectivity index (χ1) is 19.0. The molecule has 198 valence electrons. The van der Waals surface area contributed by atoms with Gasteiger partial charge in [-0.25, -0.2) is 18.4 Å². The van der Waals surface area contributed by atoms with Crippen LogP contribution in [0.15, 0.2) is 78.0 Å². The SMILES string of the molecule is O=c1ccc(-c2cc(F)cc(F)c2)nn1Cc1cccc(-c2ncc(-c3cnn(CCN4CCCC4)c3)s2)c1. The molecular weight excluding hydrogens is 518 g/mol. The molecule has 10 heteroatoms. The van der Waals surface area contributed by atoms with Gasteiger partial charge in [0.2, 0.25) is 0 Å². The van der Waals surface area contributed by atoms with Crippen LogP contribution in [-0.4, -0.2) is 49.1 Å². The summed E-state index contributed by atoms with van der Waals surface area (Å²) in [7, 11) is 0. The van der Waals surface area contributed by atoms with Gasteiger partial charge in [-0.1, -0.05) is 18.2 Å². The highest BCUT2D eigenvalue weighted by Crippen LogP contribution is 2.32. The minimum atomic E-state index is -0.700. The fraction of sp³-hybridized carbons (Fsp3) is 0.241. The summed E-state index contributed by atoms with van der Waals surface area (Å²) >= 11 is 1.59. The zero-order valence-electron chi connectivity index (χ0n) is 21.1. The zero-order chi connectivity index (χ0) is 26.8. The van der Waals surface area contributed by atoms with Gasteiger partial charge in [-0.05, 0) is 55.8 Å². The van der Waals surface area contributed by atoms with E-state index in [2.05, 4.69) is 26.3 Å². The molecule has 0 spiro atoms. The van der Waals surface area contributed by atoms with Gasteiger partial charge in [0, 0.05) is 47.8 Å². The van der Waals surface area contributed by atoms with Crippen LogP contribution in [0.2, 0.25) is 0 Å². The van der Waals surface area contributed by atoms with Crippen LogP contribution in [0.5, 0.6) is 0 Å². The minimum absolute atomic E-state index is 0.209. The standard InChI is InChI=1S/C29H26F2N6OS/c30-24-13-22(14-25(31)15-24)26-6-7-28(38)37(34-26)18-20-4-3-5-21(12-20)29-32-17-27(39-29)23-16-33-36(19-23)11-10-35-8-1-2-9-35/h3-7,12-17,19H,1-2,8-11,18H2. The van der Waals surface area contributed by atoms with Gasteiger partial charge in [-0.2, -0.15) is 10.2 Å². The lowest BCUT2D eigenvalue weighted by Gasteiger charge is -2.13. The summed E-state index contributed by atoms with van der Waals surface area (Å²) in [5, 5.41) is 9.75. The summed E-state index contributed by atoms with van der Waals surface area (Å²) in [6, 6.07) is 13.8. The van der Waals surface area contributed by atoms with Gasteiger partial charge in [-0.3, -0.25) is 9.48 Å². The predicted molar refractivity (Wildman–Crippen MR) is 147 cm³/mol. The number of aromatic nitrogens is 5. The van der Waals surface area contributed by atoms with Gasteiger partial charge < -0.3 is 4.90 Å². The van der Waals surface area contributed by atoms with E-state index < -0.39 is 11.6 Å². The molecule has 0 bridgehead atoms. The van der Waals surface area contributed by atoms with Gasteiger partial charge in [0.05, 0.1) is 29.9 Å². The Balaban J connectivity index is 1.18. The topological polar surface area (TPSA) is 68.8 Å². The van der Waals surface area contributed by atoms with Gasteiger partial charge in [0.25, 0.3) is 5.56 Å². The summed E-state index contributed by atoms with van der Waals surface area (Å²) in [6.07, 6.45) is 8.38. The van der Waals surface area contributed by atoms with Crippen molar-refractivity contribution in [2.75, 3.05) is 19.6 Å². The first kappa shape index (κ1) is 25.3. The van der Waals surface area contributed by atoms with Crippen LogP contribution >= 0.6 is 11.3 Å². The number of benzene rings is 2. The van der Waals surface area contributed by atoms with Crippen molar-refractivity contribution in [1.82, 2.24) is 29.4 Å². The smallest absolute Gasteiger partial charge is 0.267 e. The van der Waals surface area contributed by atoms with E-state index in [4.69, 9.17) is 0 Å². The molecule has 0 amide bonds. The summed E-state index contributed by atoms with van der Waals surface area (Å²) in [4.78, 5) is 20.7. The van der Waals surface area contributed by atoms with Crippen molar-refractivity contribution in [1.29, 1.82) is 0 Å². The van der Waals surface area contributed by atoms with Crippen LogP contribution in [0, 0.1) is 11.6 Å². The molecule has 0 radical (unpaired) electrons. The Morgan fingerprint density at radius 1 is 0.872 bits per heavy atom. The third-order valence-corrected chi connectivity index (χ3v) is 7.89. The van der Waals surface area contributed by atoms with Crippen LogP contribution in [0.4, 0.5) is 8.78 Å². The first-order valence-electron chi connectivity index (χ1n) is 12.9. The Kier molecular flexibility index (Phi) is 7.12. The molecule has 2 aromatic carbocycles. The predicted octanol–water partition coefficient (Wildman–Crippen LogP) is 5.32. The van der Waals surface area contributed by atoms with Gasteiger partial charge in [0.1, 0.15) is 16.6 Å². The van der Waals surface area contributed by atoms with Gasteiger partial charge in [0.15, 0.2) is 0 Å². The van der Waals surface area contributed by atoms with Crippen molar-refractivity contribution >= 4 is 11.3 Å². The van der Waals surface area contributed by atoms with E-state index in [1.165, 1.54) is 54.9 Å². The molecule has 0 N–H and O–H groups in total. The Morgan fingerprint density at radius 3 is 2.51 bits per heavy atom. The first-order valence-corrected chi connectivity index (χ1v) is 13.7. The second-order valence-electron chi connectivity index (χ2n) is 9.64. The summed E-state index contributed by atoms with van der Waals surface area (Å²) < 4.78 is 30.7. The maximum atomic E-state index is 13.7. The molecule has 4 heterocycles. The molecule has 0 atom stereocenters. The summed E-state index contributed by atoms with van der Waals surface area (Å²) in [6.45, 7) is 4.45. The van der Waals surface area contributed by atoms with E-state index in [1.807, 2.05) is 41.3 Å². The lowest BCUT2D eigenvalue weighted by atomic mass is 10.1. The molecule has 0 aliphatic carbocycles. The number of halogens is 2. The Morgan fingerprint density at radius 2 is 1.69 bits per heavy atom. The second-order valence-corrected chi connectivity index (χ2v) is 10.7. The fourth-order valence-corrected chi connectivity index (χ4v) is 5.68. The van der Waals surface area contributed by atoms with Crippen LogP contribution < -0.4 is 5.56 Å². The second kappa shape index (κ2) is 11.0. The molecule has 5 aromatic rings. The molecular formula is C29H26F2N6OS. The van der Waals surface area contributed by atoms with E-state index in [0.29, 0.717) is 5.69 Å². The van der Waals surface area contributed by atoms with E-state index in [0.717, 1.165) is 45.7 Å². The number of likely N-dealkylation sites (tertiary alicyclic amines) is 1. The van der Waals surface area contributed by atoms with Crippen LogP contribution in [0.3, 0.4) is 0 Å². The Labute approximate surface area is 228 Å². The fourth-order valence-electron chi connectivity index (χ4n) is 4.80. The lowest BCUT2D eigenvalue weighted by molar-refractivity contribution is 0.316. The third kappa shape index (κ3) is 5.86. The van der Waals surface area contributed by atoms with E-state index >= 15 is 0 Å². The minimum Gasteiger partial charge on any atom is -0.301 e. The van der Waals surface area contributed by atoms with E-state index in [1.54, 1.807) is 11.3 Å². The number of nitrogens with zero attached hydrogens (tertiary/aromatic N) is 6. The van der Waals surface area contributed by atoms with Crippen LogP contribution in [-0.2, 0) is 13.1 Å². The summed E-state index contributed by atoms with van der Waals surface area (Å²) in [5.74, 6) is -1.40. The highest BCUT2D eigenvalue weighted by atomic mass is 32.1. The number of hydrogen-bond acceptors (Lipinski definition) is 6. The number of hydrogen-bond donors (Lipinski definition) is 0. The summed E-state index contributed by atoms with van der Waals surface area (Å²) in [5.41, 5.74) is 3.11. The number of thiazole rings is 1. The molecule has 1 saturated heterocycles. The molecule has 1 fully saturated rings. The maximum Gasteiger partial charge on any atom is 0.267 e. The lowest BCUT2D eigenvalue weighted by Crippen LogP contribution is -2.24. The van der Waals surface area contributed by atoms with Gasteiger partial charge >= 0.3 is 0 Å². The third-order valence-electron chi connectivity index (χ3n) is 6.80. The van der Waals surface area contributed by atoms with E-state index in [9.17, 15) is 13.6 Å². The monoisotopic (exact) mass is 544 g/mol. The largest absolute Gasteiger partial charge is 0.301 e. The van der Waals surface area contributed by atoms with Crippen molar-refractivity contribution in [2.24, 2.45) is 0 Å². The molecule has 0 saturated carbocycles. The van der Waals surface area contributed by atoms with Crippen molar-refractivity contribution in [3.05, 3.63) is 101 Å². The van der Waals surface area contributed by atoms with Crippen molar-refractivity contribution in [2.45, 2.75) is 25.9 Å². The number of rotatable bonds is 8. The van der Waals surface area contributed by atoms with E-state index in [-0.39, 0.29) is 17.7 Å². The molecule has 1 aliphatic rings. The normalized spacial score (nSPS) is 13.8. The van der Waals surface area contributed by atoms with Crippen LogP contribution in [0.25, 0.3) is 32.3 Å². The molecule has 39 heavy (non-hydrogen) atoms. The maximum absolute atomic E-state index is 13.7. The molecule has 3 aromatic heterocycles. The van der Waals surface area contributed by atoms with Gasteiger partial charge in [-0.15, -0.1) is 11.3 Å². The van der Waals surface area contributed by atoms with Crippen molar-refractivity contribution in [3.63, 3.8) is 0 Å². The molecule has 1 aliphatic heterocycles. The highest BCUT2D eigenvalue weighted by molar-refractivity contribution is 7.18. The Bertz CT molecular complexity index is 1650. The molecule has 6 rings (SSSR count). The highest BCUT2D eigenvalue weighted by Gasteiger charge is 2.13. The quantitative estimate of drug-likeness (QED) is 0.265.